The molecule has 0 aromatic carbocycles. The van der Waals surface area contributed by atoms with Crippen LogP contribution in [0.1, 0.15) is 22.5 Å². The standard InChI is InChI=1S/C13H24N4S2.HI/c1-5-11-10(2)19-12(17-11)6-7-15-13(14-3)16-8-9-18-4;/h5-9H2,1-4H3,(H2,14,15,16);1H. The van der Waals surface area contributed by atoms with E-state index in [1.165, 1.54) is 15.6 Å². The molecule has 0 fully saturated rings. The molecule has 0 aliphatic rings. The van der Waals surface area contributed by atoms with Crippen molar-refractivity contribution in [1.82, 2.24) is 15.6 Å². The monoisotopic (exact) mass is 428 g/mol. The molecular formula is C13H25IN4S2. The number of nitrogens with zero attached hydrogens (tertiary/aromatic N) is 2. The Morgan fingerprint density at radius 3 is 2.60 bits per heavy atom. The summed E-state index contributed by atoms with van der Waals surface area (Å²) in [4.78, 5) is 10.2. The fourth-order valence-electron chi connectivity index (χ4n) is 1.70. The van der Waals surface area contributed by atoms with Crippen LogP contribution in [0.2, 0.25) is 0 Å². The second-order valence-electron chi connectivity index (χ2n) is 4.13. The van der Waals surface area contributed by atoms with Crippen molar-refractivity contribution in [2.45, 2.75) is 26.7 Å². The molecule has 7 heteroatoms. The third-order valence-electron chi connectivity index (χ3n) is 2.73. The highest BCUT2D eigenvalue weighted by Gasteiger charge is 2.05. The summed E-state index contributed by atoms with van der Waals surface area (Å²) in [5.74, 6) is 1.96. The number of hydrogen-bond acceptors (Lipinski definition) is 4. The minimum atomic E-state index is 0. The minimum Gasteiger partial charge on any atom is -0.356 e. The minimum absolute atomic E-state index is 0. The Kier molecular flexibility index (Phi) is 11.6. The number of nitrogens with one attached hydrogen (secondary N) is 2. The number of thioether (sulfide) groups is 1. The number of aromatic nitrogens is 1. The van der Waals surface area contributed by atoms with Gasteiger partial charge in [0.05, 0.1) is 10.7 Å². The van der Waals surface area contributed by atoms with E-state index in [1.807, 2.05) is 11.8 Å². The molecule has 0 bridgehead atoms. The Hall–Kier alpha value is -0.0200. The smallest absolute Gasteiger partial charge is 0.191 e. The quantitative estimate of drug-likeness (QED) is 0.304. The fourth-order valence-corrected chi connectivity index (χ4v) is 3.03. The van der Waals surface area contributed by atoms with Crippen molar-refractivity contribution < 1.29 is 0 Å². The summed E-state index contributed by atoms with van der Waals surface area (Å²) in [5.41, 5.74) is 1.24. The maximum Gasteiger partial charge on any atom is 0.191 e. The highest BCUT2D eigenvalue weighted by molar-refractivity contribution is 14.0. The van der Waals surface area contributed by atoms with Gasteiger partial charge in [-0.1, -0.05) is 6.92 Å². The molecule has 1 aromatic heterocycles. The van der Waals surface area contributed by atoms with E-state index < -0.39 is 0 Å². The van der Waals surface area contributed by atoms with E-state index in [0.717, 1.165) is 37.6 Å². The molecule has 20 heavy (non-hydrogen) atoms. The average Bonchev–Trinajstić information content (AvgIpc) is 2.77. The SMILES string of the molecule is CCc1nc(CCNC(=NC)NCCSC)sc1C.I. The molecule has 116 valence electrons. The van der Waals surface area contributed by atoms with Crippen molar-refractivity contribution in [2.24, 2.45) is 4.99 Å². The predicted molar refractivity (Wildman–Crippen MR) is 103 cm³/mol. The third-order valence-corrected chi connectivity index (χ3v) is 4.41. The normalized spacial score (nSPS) is 11.1. The lowest BCUT2D eigenvalue weighted by Crippen LogP contribution is -2.39. The molecule has 1 heterocycles. The van der Waals surface area contributed by atoms with Crippen molar-refractivity contribution in [2.75, 3.05) is 32.1 Å². The van der Waals surface area contributed by atoms with E-state index in [9.17, 15) is 0 Å². The Labute approximate surface area is 147 Å². The lowest BCUT2D eigenvalue weighted by Gasteiger charge is -2.10. The zero-order valence-electron chi connectivity index (χ0n) is 12.7. The van der Waals surface area contributed by atoms with Gasteiger partial charge >= 0.3 is 0 Å². The molecule has 0 unspecified atom stereocenters. The Bertz CT molecular complexity index is 407. The molecule has 0 saturated carbocycles. The molecule has 4 nitrogen and oxygen atoms in total. The van der Waals surface area contributed by atoms with Crippen LogP contribution in [-0.4, -0.2) is 43.1 Å². The van der Waals surface area contributed by atoms with Crippen LogP contribution < -0.4 is 10.6 Å². The molecule has 0 radical (unpaired) electrons. The van der Waals surface area contributed by atoms with Crippen LogP contribution in [-0.2, 0) is 12.8 Å². The molecule has 0 aliphatic heterocycles. The zero-order valence-corrected chi connectivity index (χ0v) is 16.6. The number of halogens is 1. The van der Waals surface area contributed by atoms with Gasteiger partial charge in [0.25, 0.3) is 0 Å². The van der Waals surface area contributed by atoms with E-state index in [-0.39, 0.29) is 24.0 Å². The zero-order chi connectivity index (χ0) is 14.1. The molecule has 0 saturated heterocycles. The van der Waals surface area contributed by atoms with E-state index in [4.69, 9.17) is 0 Å². The van der Waals surface area contributed by atoms with E-state index >= 15 is 0 Å². The highest BCUT2D eigenvalue weighted by atomic mass is 127. The topological polar surface area (TPSA) is 49.3 Å². The fraction of sp³-hybridized carbons (Fsp3) is 0.692. The van der Waals surface area contributed by atoms with E-state index in [1.54, 1.807) is 18.4 Å². The van der Waals surface area contributed by atoms with Crippen LogP contribution in [0, 0.1) is 6.92 Å². The predicted octanol–water partition coefficient (Wildman–Crippen LogP) is 2.70. The van der Waals surface area contributed by atoms with Crippen LogP contribution in [0.3, 0.4) is 0 Å². The van der Waals surface area contributed by atoms with Crippen LogP contribution in [0.5, 0.6) is 0 Å². The molecular weight excluding hydrogens is 403 g/mol. The number of thiazole rings is 1. The van der Waals surface area contributed by atoms with Gasteiger partial charge in [0.2, 0.25) is 0 Å². The lowest BCUT2D eigenvalue weighted by atomic mass is 10.3. The van der Waals surface area contributed by atoms with Crippen LogP contribution in [0.4, 0.5) is 0 Å². The van der Waals surface area contributed by atoms with E-state index in [0.29, 0.717) is 0 Å². The highest BCUT2D eigenvalue weighted by Crippen LogP contribution is 2.17. The van der Waals surface area contributed by atoms with Crippen LogP contribution in [0.25, 0.3) is 0 Å². The second-order valence-corrected chi connectivity index (χ2v) is 6.41. The first-order valence-electron chi connectivity index (χ1n) is 6.59. The summed E-state index contributed by atoms with van der Waals surface area (Å²) < 4.78 is 0. The summed E-state index contributed by atoms with van der Waals surface area (Å²) in [6.45, 7) is 6.12. The third kappa shape index (κ3) is 7.12. The number of hydrogen-bond donors (Lipinski definition) is 2. The summed E-state index contributed by atoms with van der Waals surface area (Å²) in [7, 11) is 1.80. The molecule has 1 rings (SSSR count). The van der Waals surface area contributed by atoms with Crippen molar-refractivity contribution in [3.05, 3.63) is 15.6 Å². The Morgan fingerprint density at radius 2 is 2.05 bits per heavy atom. The van der Waals surface area contributed by atoms with Crippen molar-refractivity contribution >= 4 is 53.0 Å². The van der Waals surface area contributed by atoms with Crippen molar-refractivity contribution in [3.63, 3.8) is 0 Å². The van der Waals surface area contributed by atoms with E-state index in [2.05, 4.69) is 40.7 Å². The van der Waals surface area contributed by atoms with Crippen LogP contribution >= 0.6 is 47.1 Å². The number of aliphatic imine (C=N–C) groups is 1. The maximum absolute atomic E-state index is 4.64. The van der Waals surface area contributed by atoms with Gasteiger partial charge in [-0.05, 0) is 19.6 Å². The van der Waals surface area contributed by atoms with Gasteiger partial charge in [0, 0.05) is 37.2 Å². The summed E-state index contributed by atoms with van der Waals surface area (Å²) in [6.07, 6.45) is 4.08. The maximum atomic E-state index is 4.64. The summed E-state index contributed by atoms with van der Waals surface area (Å²) in [6, 6.07) is 0. The summed E-state index contributed by atoms with van der Waals surface area (Å²) >= 11 is 3.63. The van der Waals surface area contributed by atoms with Crippen molar-refractivity contribution in [3.8, 4) is 0 Å². The van der Waals surface area contributed by atoms with Gasteiger partial charge in [-0.15, -0.1) is 35.3 Å². The second kappa shape index (κ2) is 11.6. The largest absolute Gasteiger partial charge is 0.356 e. The number of aryl methyl sites for hydroxylation is 2. The Morgan fingerprint density at radius 1 is 1.35 bits per heavy atom. The van der Waals surface area contributed by atoms with Gasteiger partial charge in [-0.2, -0.15) is 11.8 Å². The lowest BCUT2D eigenvalue weighted by molar-refractivity contribution is 0.805. The average molecular weight is 428 g/mol. The van der Waals surface area contributed by atoms with Crippen LogP contribution in [0.15, 0.2) is 4.99 Å². The number of guanidine groups is 1. The molecule has 0 aliphatic carbocycles. The van der Waals surface area contributed by atoms with Gasteiger partial charge in [-0.3, -0.25) is 4.99 Å². The molecule has 0 atom stereocenters. The molecule has 1 aromatic rings. The first-order chi connectivity index (χ1) is 9.21. The van der Waals surface area contributed by atoms with Crippen molar-refractivity contribution in [1.29, 1.82) is 0 Å². The first-order valence-corrected chi connectivity index (χ1v) is 8.80. The molecule has 0 amide bonds. The van der Waals surface area contributed by atoms with Gasteiger partial charge < -0.3 is 10.6 Å². The van der Waals surface area contributed by atoms with Gasteiger partial charge in [-0.25, -0.2) is 4.98 Å². The first kappa shape index (κ1) is 20.0. The molecule has 2 N–H and O–H groups in total. The summed E-state index contributed by atoms with van der Waals surface area (Å²) in [5, 5.41) is 7.81. The molecule has 0 spiro atoms. The number of rotatable bonds is 7. The Balaban J connectivity index is 0.00000361. The van der Waals surface area contributed by atoms with Gasteiger partial charge in [0.1, 0.15) is 0 Å². The van der Waals surface area contributed by atoms with Gasteiger partial charge in [0.15, 0.2) is 5.96 Å².